The van der Waals surface area contributed by atoms with Crippen LogP contribution in [0, 0.1) is 5.92 Å². The highest BCUT2D eigenvalue weighted by Crippen LogP contribution is 2.33. The maximum atomic E-state index is 12.8. The van der Waals surface area contributed by atoms with Crippen LogP contribution in [0.15, 0.2) is 60.7 Å². The first-order valence-corrected chi connectivity index (χ1v) is 9.98. The lowest BCUT2D eigenvalue weighted by molar-refractivity contribution is -0.137. The molecule has 30 heavy (non-hydrogen) atoms. The molecule has 1 heterocycles. The average molecular weight is 412 g/mol. The number of alkyl halides is 3. The van der Waals surface area contributed by atoms with E-state index in [1.54, 1.807) is 6.07 Å². The number of hydrogen-bond donors (Lipinski definition) is 1. The Labute approximate surface area is 173 Å². The number of carbonyl (C=O) groups excluding carboxylic acids is 1. The van der Waals surface area contributed by atoms with Crippen molar-refractivity contribution in [1.82, 2.24) is 10.2 Å². The molecule has 0 aliphatic carbocycles. The Morgan fingerprint density at radius 3 is 2.47 bits per heavy atom. The Morgan fingerprint density at radius 2 is 1.80 bits per heavy atom. The molecule has 1 aliphatic heterocycles. The minimum Gasteiger partial charge on any atom is -0.352 e. The van der Waals surface area contributed by atoms with Crippen LogP contribution in [-0.4, -0.2) is 37.5 Å². The SMILES string of the molecule is CN1CC(CCNC(=O)c2ccc3c(-c4ccc(C(F)(F)F)cc4)cccc3c2)C1. The zero-order valence-electron chi connectivity index (χ0n) is 16.7. The monoisotopic (exact) mass is 412 g/mol. The number of benzene rings is 3. The van der Waals surface area contributed by atoms with Crippen molar-refractivity contribution in [2.24, 2.45) is 5.92 Å². The number of hydrogen-bond acceptors (Lipinski definition) is 2. The highest BCUT2D eigenvalue weighted by atomic mass is 19.4. The van der Waals surface area contributed by atoms with Gasteiger partial charge in [0.15, 0.2) is 0 Å². The van der Waals surface area contributed by atoms with E-state index in [-0.39, 0.29) is 5.91 Å². The van der Waals surface area contributed by atoms with Crippen LogP contribution in [-0.2, 0) is 6.18 Å². The van der Waals surface area contributed by atoms with Crippen LogP contribution >= 0.6 is 0 Å². The Morgan fingerprint density at radius 1 is 1.07 bits per heavy atom. The molecule has 3 aromatic carbocycles. The molecule has 1 amide bonds. The predicted molar refractivity (Wildman–Crippen MR) is 112 cm³/mol. The van der Waals surface area contributed by atoms with Crippen molar-refractivity contribution < 1.29 is 18.0 Å². The highest BCUT2D eigenvalue weighted by Gasteiger charge is 2.30. The minimum absolute atomic E-state index is 0.107. The van der Waals surface area contributed by atoms with Crippen molar-refractivity contribution >= 4 is 16.7 Å². The topological polar surface area (TPSA) is 32.3 Å². The summed E-state index contributed by atoms with van der Waals surface area (Å²) in [6.45, 7) is 2.82. The van der Waals surface area contributed by atoms with Gasteiger partial charge in [0, 0.05) is 25.2 Å². The largest absolute Gasteiger partial charge is 0.416 e. The molecule has 6 heteroatoms. The molecule has 0 radical (unpaired) electrons. The lowest BCUT2D eigenvalue weighted by atomic mass is 9.96. The summed E-state index contributed by atoms with van der Waals surface area (Å²) in [6, 6.07) is 16.2. The third kappa shape index (κ3) is 4.33. The van der Waals surface area contributed by atoms with Gasteiger partial charge in [-0.25, -0.2) is 0 Å². The molecular formula is C24H23F3N2O. The molecule has 4 rings (SSSR count). The Kier molecular flexibility index (Phi) is 5.52. The standard InChI is InChI=1S/C24H23F3N2O/c1-29-14-16(15-29)11-12-28-23(30)19-7-10-22-18(13-19)3-2-4-21(22)17-5-8-20(9-6-17)24(25,26)27/h2-10,13,16H,11-12,14-15H2,1H3,(H,28,30). The average Bonchev–Trinajstić information content (AvgIpc) is 2.71. The van der Waals surface area contributed by atoms with Gasteiger partial charge in [-0.05, 0) is 65.6 Å². The second-order valence-electron chi connectivity index (χ2n) is 7.95. The second-order valence-corrected chi connectivity index (χ2v) is 7.95. The van der Waals surface area contributed by atoms with E-state index in [2.05, 4.69) is 17.3 Å². The first kappa shape index (κ1) is 20.4. The third-order valence-corrected chi connectivity index (χ3v) is 5.64. The van der Waals surface area contributed by atoms with Crippen molar-refractivity contribution in [2.45, 2.75) is 12.6 Å². The van der Waals surface area contributed by atoms with Crippen LogP contribution in [0.3, 0.4) is 0 Å². The summed E-state index contributed by atoms with van der Waals surface area (Å²) in [5.41, 5.74) is 1.45. The molecule has 1 saturated heterocycles. The fraction of sp³-hybridized carbons (Fsp3) is 0.292. The lowest BCUT2D eigenvalue weighted by Gasteiger charge is -2.36. The lowest BCUT2D eigenvalue weighted by Crippen LogP contribution is -2.45. The zero-order chi connectivity index (χ0) is 21.3. The molecule has 3 aromatic rings. The molecule has 1 N–H and O–H groups in total. The quantitative estimate of drug-likeness (QED) is 0.624. The van der Waals surface area contributed by atoms with E-state index in [0.29, 0.717) is 23.6 Å². The number of carbonyl (C=O) groups is 1. The smallest absolute Gasteiger partial charge is 0.352 e. The summed E-state index contributed by atoms with van der Waals surface area (Å²) >= 11 is 0. The maximum Gasteiger partial charge on any atom is 0.416 e. The molecular weight excluding hydrogens is 389 g/mol. The van der Waals surface area contributed by atoms with Gasteiger partial charge in [0.2, 0.25) is 0 Å². The van der Waals surface area contributed by atoms with Gasteiger partial charge in [-0.2, -0.15) is 13.2 Å². The molecule has 0 aromatic heterocycles. The normalized spacial score (nSPS) is 15.2. The van der Waals surface area contributed by atoms with Gasteiger partial charge < -0.3 is 10.2 Å². The van der Waals surface area contributed by atoms with Gasteiger partial charge in [0.05, 0.1) is 5.56 Å². The van der Waals surface area contributed by atoms with Gasteiger partial charge in [-0.15, -0.1) is 0 Å². The number of likely N-dealkylation sites (tertiary alicyclic amines) is 1. The van der Waals surface area contributed by atoms with Gasteiger partial charge >= 0.3 is 6.18 Å². The summed E-state index contributed by atoms with van der Waals surface area (Å²) in [7, 11) is 2.09. The molecule has 3 nitrogen and oxygen atoms in total. The van der Waals surface area contributed by atoms with Crippen LogP contribution in [0.1, 0.15) is 22.3 Å². The van der Waals surface area contributed by atoms with Crippen molar-refractivity contribution in [3.8, 4) is 11.1 Å². The molecule has 0 atom stereocenters. The van der Waals surface area contributed by atoms with Gasteiger partial charge in [0.25, 0.3) is 5.91 Å². The highest BCUT2D eigenvalue weighted by molar-refractivity contribution is 6.02. The zero-order valence-corrected chi connectivity index (χ0v) is 16.7. The Balaban J connectivity index is 1.51. The molecule has 156 valence electrons. The fourth-order valence-corrected chi connectivity index (χ4v) is 4.02. The molecule has 0 saturated carbocycles. The summed E-state index contributed by atoms with van der Waals surface area (Å²) in [4.78, 5) is 14.8. The predicted octanol–water partition coefficient (Wildman–Crippen LogP) is 5.21. The molecule has 1 fully saturated rings. The van der Waals surface area contributed by atoms with Crippen molar-refractivity contribution in [2.75, 3.05) is 26.7 Å². The van der Waals surface area contributed by atoms with E-state index in [9.17, 15) is 18.0 Å². The summed E-state index contributed by atoms with van der Waals surface area (Å²) in [6.07, 6.45) is -3.38. The van der Waals surface area contributed by atoms with Crippen LogP contribution in [0.5, 0.6) is 0 Å². The summed E-state index contributed by atoms with van der Waals surface area (Å²) in [5.74, 6) is 0.544. The van der Waals surface area contributed by atoms with E-state index < -0.39 is 11.7 Å². The van der Waals surface area contributed by atoms with Crippen LogP contribution in [0.4, 0.5) is 13.2 Å². The molecule has 0 spiro atoms. The first-order valence-electron chi connectivity index (χ1n) is 9.98. The number of halogens is 3. The van der Waals surface area contributed by atoms with E-state index >= 15 is 0 Å². The third-order valence-electron chi connectivity index (χ3n) is 5.64. The molecule has 0 bridgehead atoms. The number of fused-ring (bicyclic) bond motifs is 1. The van der Waals surface area contributed by atoms with Gasteiger partial charge in [0.1, 0.15) is 0 Å². The van der Waals surface area contributed by atoms with Crippen LogP contribution < -0.4 is 5.32 Å². The van der Waals surface area contributed by atoms with E-state index in [1.165, 1.54) is 12.1 Å². The number of nitrogens with one attached hydrogen (secondary N) is 1. The van der Waals surface area contributed by atoms with Gasteiger partial charge in [-0.3, -0.25) is 4.79 Å². The minimum atomic E-state index is -4.35. The number of amides is 1. The Bertz CT molecular complexity index is 1050. The number of nitrogens with zero attached hydrogens (tertiary/aromatic N) is 1. The van der Waals surface area contributed by atoms with Crippen molar-refractivity contribution in [1.29, 1.82) is 0 Å². The summed E-state index contributed by atoms with van der Waals surface area (Å²) < 4.78 is 38.5. The van der Waals surface area contributed by atoms with Crippen LogP contribution in [0.25, 0.3) is 21.9 Å². The summed E-state index contributed by atoms with van der Waals surface area (Å²) in [5, 5.41) is 4.75. The molecule has 1 aliphatic rings. The molecule has 0 unspecified atom stereocenters. The van der Waals surface area contributed by atoms with Crippen molar-refractivity contribution in [3.05, 3.63) is 71.8 Å². The number of rotatable bonds is 5. The van der Waals surface area contributed by atoms with E-state index in [1.807, 2.05) is 30.3 Å². The van der Waals surface area contributed by atoms with Crippen molar-refractivity contribution in [3.63, 3.8) is 0 Å². The Hall–Kier alpha value is -2.86. The maximum absolute atomic E-state index is 12.8. The van der Waals surface area contributed by atoms with E-state index in [4.69, 9.17) is 0 Å². The van der Waals surface area contributed by atoms with Gasteiger partial charge in [-0.1, -0.05) is 36.4 Å². The fourth-order valence-electron chi connectivity index (χ4n) is 4.02. The first-order chi connectivity index (χ1) is 14.3. The van der Waals surface area contributed by atoms with Crippen LogP contribution in [0.2, 0.25) is 0 Å². The second kappa shape index (κ2) is 8.11. The van der Waals surface area contributed by atoms with E-state index in [0.717, 1.165) is 48.0 Å².